The van der Waals surface area contributed by atoms with Gasteiger partial charge in [0.25, 0.3) is 0 Å². The van der Waals surface area contributed by atoms with E-state index in [0.717, 1.165) is 50.8 Å². The molecule has 5 heteroatoms. The minimum atomic E-state index is 0.775. The van der Waals surface area contributed by atoms with Gasteiger partial charge in [-0.15, -0.1) is 0 Å². The van der Waals surface area contributed by atoms with E-state index in [0.29, 0.717) is 0 Å². The normalized spacial score (nSPS) is 11.4. The summed E-state index contributed by atoms with van der Waals surface area (Å²) in [6, 6.07) is 4.15. The summed E-state index contributed by atoms with van der Waals surface area (Å²) in [6.45, 7) is 7.28. The lowest BCUT2D eigenvalue weighted by Gasteiger charge is -2.11. The second-order valence-electron chi connectivity index (χ2n) is 4.53. The van der Waals surface area contributed by atoms with Gasteiger partial charge in [-0.2, -0.15) is 0 Å². The first kappa shape index (κ1) is 16.4. The smallest absolute Gasteiger partial charge is 0.190 e. The highest BCUT2D eigenvalue weighted by Crippen LogP contribution is 1.99. The number of rotatable bonds is 8. The molecule has 5 nitrogen and oxygen atoms in total. The Balaban J connectivity index is 2.16. The molecule has 1 heterocycles. The number of ether oxygens (including phenoxy) is 1. The van der Waals surface area contributed by atoms with E-state index in [1.54, 1.807) is 7.05 Å². The molecule has 1 aromatic rings. The fourth-order valence-electron chi connectivity index (χ4n) is 1.72. The lowest BCUT2D eigenvalue weighted by atomic mass is 10.2. The lowest BCUT2D eigenvalue weighted by Crippen LogP contribution is -2.39. The number of hydrogen-bond donors (Lipinski definition) is 2. The number of pyridine rings is 1. The molecular weight excluding hydrogens is 252 g/mol. The first-order valence-electron chi connectivity index (χ1n) is 7.20. The van der Waals surface area contributed by atoms with Gasteiger partial charge in [-0.1, -0.05) is 6.07 Å². The first-order chi connectivity index (χ1) is 9.76. The second kappa shape index (κ2) is 10.2. The van der Waals surface area contributed by atoms with E-state index in [2.05, 4.69) is 26.7 Å². The number of nitrogens with zero attached hydrogens (tertiary/aromatic N) is 2. The van der Waals surface area contributed by atoms with E-state index >= 15 is 0 Å². The van der Waals surface area contributed by atoms with Crippen LogP contribution < -0.4 is 10.6 Å². The number of aromatic nitrogens is 1. The Hall–Kier alpha value is -1.62. The van der Waals surface area contributed by atoms with Gasteiger partial charge in [0.15, 0.2) is 5.96 Å². The Labute approximate surface area is 121 Å². The molecule has 0 saturated heterocycles. The van der Waals surface area contributed by atoms with Crippen LogP contribution >= 0.6 is 0 Å². The zero-order valence-electron chi connectivity index (χ0n) is 12.8. The van der Waals surface area contributed by atoms with E-state index < -0.39 is 0 Å². The van der Waals surface area contributed by atoms with Crippen LogP contribution in [0.2, 0.25) is 0 Å². The van der Waals surface area contributed by atoms with E-state index in [1.165, 1.54) is 5.56 Å². The number of aryl methyl sites for hydroxylation is 1. The van der Waals surface area contributed by atoms with Crippen LogP contribution in [-0.2, 0) is 11.2 Å². The molecule has 0 aliphatic heterocycles. The van der Waals surface area contributed by atoms with Crippen molar-refractivity contribution in [3.63, 3.8) is 0 Å². The molecule has 112 valence electrons. The Kier molecular flexibility index (Phi) is 8.38. The van der Waals surface area contributed by atoms with Gasteiger partial charge in [-0.05, 0) is 38.3 Å². The van der Waals surface area contributed by atoms with E-state index in [9.17, 15) is 0 Å². The average Bonchev–Trinajstić information content (AvgIpc) is 2.47. The third-order valence-electron chi connectivity index (χ3n) is 2.86. The minimum absolute atomic E-state index is 0.775. The van der Waals surface area contributed by atoms with Crippen LogP contribution in [0.5, 0.6) is 0 Å². The van der Waals surface area contributed by atoms with Crippen molar-refractivity contribution in [3.8, 4) is 0 Å². The molecule has 0 atom stereocenters. The largest absolute Gasteiger partial charge is 0.382 e. The summed E-state index contributed by atoms with van der Waals surface area (Å²) in [5.74, 6) is 0.835. The Morgan fingerprint density at radius 3 is 2.75 bits per heavy atom. The van der Waals surface area contributed by atoms with Crippen molar-refractivity contribution in [3.05, 3.63) is 29.6 Å². The predicted octanol–water partition coefficient (Wildman–Crippen LogP) is 1.52. The molecule has 0 spiro atoms. The van der Waals surface area contributed by atoms with Crippen molar-refractivity contribution in [1.29, 1.82) is 0 Å². The Morgan fingerprint density at radius 2 is 2.10 bits per heavy atom. The summed E-state index contributed by atoms with van der Waals surface area (Å²) in [5, 5.41) is 6.56. The molecular formula is C15H26N4O. The zero-order valence-corrected chi connectivity index (χ0v) is 12.8. The van der Waals surface area contributed by atoms with Crippen molar-refractivity contribution in [2.24, 2.45) is 4.99 Å². The van der Waals surface area contributed by atoms with Crippen molar-refractivity contribution in [2.75, 3.05) is 33.4 Å². The highest BCUT2D eigenvalue weighted by molar-refractivity contribution is 5.79. The number of nitrogens with one attached hydrogen (secondary N) is 2. The van der Waals surface area contributed by atoms with Crippen molar-refractivity contribution in [2.45, 2.75) is 26.7 Å². The summed E-state index contributed by atoms with van der Waals surface area (Å²) in [6.07, 6.45) is 3.85. The zero-order chi connectivity index (χ0) is 14.6. The molecule has 0 amide bonds. The highest BCUT2D eigenvalue weighted by atomic mass is 16.5. The Bertz CT molecular complexity index is 389. The molecule has 0 unspecified atom stereocenters. The maximum absolute atomic E-state index is 5.29. The number of aliphatic imine (C=N–C) groups is 1. The summed E-state index contributed by atoms with van der Waals surface area (Å²) < 4.78 is 5.29. The average molecular weight is 278 g/mol. The van der Waals surface area contributed by atoms with E-state index in [1.807, 2.05) is 26.1 Å². The molecule has 0 aromatic carbocycles. The van der Waals surface area contributed by atoms with Crippen LogP contribution in [0.25, 0.3) is 0 Å². The van der Waals surface area contributed by atoms with E-state index in [-0.39, 0.29) is 0 Å². The molecule has 0 saturated carbocycles. The molecule has 0 aliphatic carbocycles. The van der Waals surface area contributed by atoms with Gasteiger partial charge in [0.05, 0.1) is 0 Å². The fourth-order valence-corrected chi connectivity index (χ4v) is 1.72. The van der Waals surface area contributed by atoms with Crippen LogP contribution in [0.1, 0.15) is 24.6 Å². The second-order valence-corrected chi connectivity index (χ2v) is 4.53. The molecule has 2 N–H and O–H groups in total. The van der Waals surface area contributed by atoms with Gasteiger partial charge in [-0.25, -0.2) is 0 Å². The molecule has 20 heavy (non-hydrogen) atoms. The van der Waals surface area contributed by atoms with Crippen LogP contribution in [0.3, 0.4) is 0 Å². The van der Waals surface area contributed by atoms with Crippen molar-refractivity contribution >= 4 is 5.96 Å². The quantitative estimate of drug-likeness (QED) is 0.430. The molecule has 1 aromatic heterocycles. The van der Waals surface area contributed by atoms with Crippen molar-refractivity contribution in [1.82, 2.24) is 15.6 Å². The summed E-state index contributed by atoms with van der Waals surface area (Å²) >= 11 is 0. The monoisotopic (exact) mass is 278 g/mol. The molecule has 0 bridgehead atoms. The third-order valence-corrected chi connectivity index (χ3v) is 2.86. The summed E-state index contributed by atoms with van der Waals surface area (Å²) in [4.78, 5) is 8.48. The lowest BCUT2D eigenvalue weighted by molar-refractivity contribution is 0.145. The summed E-state index contributed by atoms with van der Waals surface area (Å²) in [5.41, 5.74) is 2.28. The number of guanidine groups is 1. The van der Waals surface area contributed by atoms with Gasteiger partial charge < -0.3 is 15.4 Å². The van der Waals surface area contributed by atoms with Crippen molar-refractivity contribution < 1.29 is 4.74 Å². The highest BCUT2D eigenvalue weighted by Gasteiger charge is 1.98. The van der Waals surface area contributed by atoms with Gasteiger partial charge in [0, 0.05) is 45.2 Å². The molecule has 0 aliphatic rings. The Morgan fingerprint density at radius 1 is 1.30 bits per heavy atom. The first-order valence-corrected chi connectivity index (χ1v) is 7.20. The number of hydrogen-bond acceptors (Lipinski definition) is 3. The topological polar surface area (TPSA) is 58.5 Å². The van der Waals surface area contributed by atoms with Crippen LogP contribution in [-0.4, -0.2) is 44.3 Å². The predicted molar refractivity (Wildman–Crippen MR) is 83.2 cm³/mol. The maximum atomic E-state index is 5.29. The van der Waals surface area contributed by atoms with E-state index in [4.69, 9.17) is 4.74 Å². The van der Waals surface area contributed by atoms with Crippen LogP contribution in [0.4, 0.5) is 0 Å². The molecule has 0 fully saturated rings. The minimum Gasteiger partial charge on any atom is -0.382 e. The standard InChI is InChI=1S/C15H26N4O/c1-4-20-11-5-9-17-15(16-3)18-10-8-14-7-6-13(2)19-12-14/h6-7,12H,4-5,8-11H2,1-3H3,(H2,16,17,18). The van der Waals surface area contributed by atoms with Crippen LogP contribution in [0, 0.1) is 6.92 Å². The maximum Gasteiger partial charge on any atom is 0.190 e. The van der Waals surface area contributed by atoms with Gasteiger partial charge in [0.1, 0.15) is 0 Å². The van der Waals surface area contributed by atoms with Gasteiger partial charge in [0.2, 0.25) is 0 Å². The summed E-state index contributed by atoms with van der Waals surface area (Å²) in [7, 11) is 1.78. The SMILES string of the molecule is CCOCCCNC(=NC)NCCc1ccc(C)nc1. The van der Waals surface area contributed by atoms with Gasteiger partial charge in [-0.3, -0.25) is 9.98 Å². The van der Waals surface area contributed by atoms with Crippen LogP contribution in [0.15, 0.2) is 23.3 Å². The fraction of sp³-hybridized carbons (Fsp3) is 0.600. The molecule has 1 rings (SSSR count). The molecule has 0 radical (unpaired) electrons. The van der Waals surface area contributed by atoms with Gasteiger partial charge >= 0.3 is 0 Å². The third kappa shape index (κ3) is 7.09.